The summed E-state index contributed by atoms with van der Waals surface area (Å²) in [4.78, 5) is 36.2. The van der Waals surface area contributed by atoms with E-state index in [9.17, 15) is 14.4 Å². The third kappa shape index (κ3) is 2.90. The lowest BCUT2D eigenvalue weighted by atomic mass is 10.1. The minimum absolute atomic E-state index is 0.0103. The molecular formula is C13H15N3O3. The van der Waals surface area contributed by atoms with Gasteiger partial charge in [-0.05, 0) is 12.1 Å². The summed E-state index contributed by atoms with van der Waals surface area (Å²) in [7, 11) is 1.52. The van der Waals surface area contributed by atoms with Crippen LogP contribution >= 0.6 is 0 Å². The number of carbonyl (C=O) groups is 3. The van der Waals surface area contributed by atoms with Crippen LogP contribution < -0.4 is 15.5 Å². The topological polar surface area (TPSA) is 78.5 Å². The van der Waals surface area contributed by atoms with Gasteiger partial charge in [0, 0.05) is 19.9 Å². The molecule has 3 amide bonds. The van der Waals surface area contributed by atoms with Crippen molar-refractivity contribution < 1.29 is 14.4 Å². The van der Waals surface area contributed by atoms with Gasteiger partial charge in [-0.25, -0.2) is 0 Å². The molecule has 1 aromatic rings. The maximum atomic E-state index is 12.1. The molecule has 100 valence electrons. The van der Waals surface area contributed by atoms with Crippen LogP contribution in [0.25, 0.3) is 0 Å². The van der Waals surface area contributed by atoms with Crippen LogP contribution in [0.2, 0.25) is 0 Å². The second kappa shape index (κ2) is 5.51. The molecule has 0 fully saturated rings. The fourth-order valence-electron chi connectivity index (χ4n) is 1.94. The Labute approximate surface area is 110 Å². The SMILES string of the molecule is CNC(=O)CCC(=O)N1CC(=O)Nc2ccccc21. The largest absolute Gasteiger partial charge is 0.359 e. The van der Waals surface area contributed by atoms with Crippen molar-refractivity contribution in [3.63, 3.8) is 0 Å². The molecule has 1 aromatic carbocycles. The summed E-state index contributed by atoms with van der Waals surface area (Å²) in [6, 6.07) is 7.10. The molecule has 0 saturated heterocycles. The van der Waals surface area contributed by atoms with Gasteiger partial charge in [-0.1, -0.05) is 12.1 Å². The standard InChI is InChI=1S/C13H15N3O3/c1-14-11(17)6-7-13(19)16-8-12(18)15-9-4-2-3-5-10(9)16/h2-5H,6-8H2,1H3,(H,14,17)(H,15,18). The Morgan fingerprint density at radius 2 is 2.05 bits per heavy atom. The molecule has 0 atom stereocenters. The predicted octanol–water partition coefficient (Wildman–Crippen LogP) is 0.498. The number of benzene rings is 1. The van der Waals surface area contributed by atoms with Crippen molar-refractivity contribution in [2.45, 2.75) is 12.8 Å². The molecule has 1 aliphatic heterocycles. The number of nitrogens with zero attached hydrogens (tertiary/aromatic N) is 1. The van der Waals surface area contributed by atoms with Gasteiger partial charge in [-0.15, -0.1) is 0 Å². The highest BCUT2D eigenvalue weighted by Gasteiger charge is 2.26. The Balaban J connectivity index is 2.14. The molecule has 0 aliphatic carbocycles. The third-order valence-corrected chi connectivity index (χ3v) is 2.92. The van der Waals surface area contributed by atoms with Crippen molar-refractivity contribution in [2.75, 3.05) is 23.8 Å². The van der Waals surface area contributed by atoms with E-state index in [1.807, 2.05) is 0 Å². The van der Waals surface area contributed by atoms with Gasteiger partial charge in [-0.3, -0.25) is 14.4 Å². The summed E-state index contributed by atoms with van der Waals surface area (Å²) >= 11 is 0. The lowest BCUT2D eigenvalue weighted by Crippen LogP contribution is -2.42. The van der Waals surface area contributed by atoms with Crippen LogP contribution in [0.5, 0.6) is 0 Å². The first kappa shape index (κ1) is 13.1. The minimum Gasteiger partial charge on any atom is -0.359 e. The van der Waals surface area contributed by atoms with E-state index in [0.29, 0.717) is 11.4 Å². The lowest BCUT2D eigenvalue weighted by Gasteiger charge is -2.29. The molecule has 19 heavy (non-hydrogen) atoms. The molecule has 0 spiro atoms. The van der Waals surface area contributed by atoms with Crippen LogP contribution in [0, 0.1) is 0 Å². The van der Waals surface area contributed by atoms with E-state index < -0.39 is 0 Å². The average Bonchev–Trinajstić information content (AvgIpc) is 2.43. The smallest absolute Gasteiger partial charge is 0.244 e. The summed E-state index contributed by atoms with van der Waals surface area (Å²) < 4.78 is 0. The van der Waals surface area contributed by atoms with E-state index in [0.717, 1.165) is 0 Å². The fraction of sp³-hybridized carbons (Fsp3) is 0.308. The zero-order chi connectivity index (χ0) is 13.8. The highest BCUT2D eigenvalue weighted by molar-refractivity contribution is 6.10. The lowest BCUT2D eigenvalue weighted by molar-refractivity contribution is -0.125. The number of anilines is 2. The van der Waals surface area contributed by atoms with Crippen LogP contribution in [-0.2, 0) is 14.4 Å². The fourth-order valence-corrected chi connectivity index (χ4v) is 1.94. The first-order valence-electron chi connectivity index (χ1n) is 6.01. The molecule has 0 aromatic heterocycles. The molecule has 0 unspecified atom stereocenters. The van der Waals surface area contributed by atoms with Gasteiger partial charge in [0.1, 0.15) is 6.54 Å². The number of para-hydroxylation sites is 2. The van der Waals surface area contributed by atoms with Gasteiger partial charge in [-0.2, -0.15) is 0 Å². The number of carbonyl (C=O) groups excluding carboxylic acids is 3. The Hall–Kier alpha value is -2.37. The quantitative estimate of drug-likeness (QED) is 0.831. The number of nitrogens with one attached hydrogen (secondary N) is 2. The summed E-state index contributed by atoms with van der Waals surface area (Å²) in [6.45, 7) is -0.0103. The number of rotatable bonds is 3. The zero-order valence-electron chi connectivity index (χ0n) is 10.6. The van der Waals surface area contributed by atoms with E-state index >= 15 is 0 Å². The van der Waals surface area contributed by atoms with E-state index in [1.165, 1.54) is 11.9 Å². The van der Waals surface area contributed by atoms with Crippen molar-refractivity contribution in [1.29, 1.82) is 0 Å². The van der Waals surface area contributed by atoms with Gasteiger partial charge >= 0.3 is 0 Å². The van der Waals surface area contributed by atoms with Gasteiger partial charge in [0.05, 0.1) is 11.4 Å². The summed E-state index contributed by atoms with van der Waals surface area (Å²) in [6.07, 6.45) is 0.205. The minimum atomic E-state index is -0.231. The first-order valence-corrected chi connectivity index (χ1v) is 6.01. The Kier molecular flexibility index (Phi) is 3.79. The molecule has 1 heterocycles. The molecular weight excluding hydrogens is 246 g/mol. The van der Waals surface area contributed by atoms with E-state index in [2.05, 4.69) is 10.6 Å². The number of fused-ring (bicyclic) bond motifs is 1. The van der Waals surface area contributed by atoms with E-state index in [4.69, 9.17) is 0 Å². The van der Waals surface area contributed by atoms with Crippen molar-refractivity contribution in [2.24, 2.45) is 0 Å². The Morgan fingerprint density at radius 1 is 1.32 bits per heavy atom. The Bertz CT molecular complexity index is 528. The normalized spacial score (nSPS) is 13.5. The van der Waals surface area contributed by atoms with Gasteiger partial charge in [0.25, 0.3) is 0 Å². The molecule has 0 bridgehead atoms. The van der Waals surface area contributed by atoms with E-state index in [1.54, 1.807) is 24.3 Å². The van der Waals surface area contributed by atoms with Gasteiger partial charge < -0.3 is 15.5 Å². The van der Waals surface area contributed by atoms with Crippen LogP contribution in [0.4, 0.5) is 11.4 Å². The van der Waals surface area contributed by atoms with Crippen LogP contribution in [-0.4, -0.2) is 31.3 Å². The maximum absolute atomic E-state index is 12.1. The average molecular weight is 261 g/mol. The number of hydrogen-bond acceptors (Lipinski definition) is 3. The van der Waals surface area contributed by atoms with Crippen molar-refractivity contribution >= 4 is 29.1 Å². The molecule has 2 rings (SSSR count). The molecule has 0 radical (unpaired) electrons. The number of hydrogen-bond donors (Lipinski definition) is 2. The third-order valence-electron chi connectivity index (χ3n) is 2.92. The molecule has 1 aliphatic rings. The van der Waals surface area contributed by atoms with E-state index in [-0.39, 0.29) is 37.1 Å². The highest BCUT2D eigenvalue weighted by Crippen LogP contribution is 2.29. The Morgan fingerprint density at radius 3 is 2.79 bits per heavy atom. The van der Waals surface area contributed by atoms with Crippen LogP contribution in [0.1, 0.15) is 12.8 Å². The first-order chi connectivity index (χ1) is 9.11. The molecule has 6 nitrogen and oxygen atoms in total. The van der Waals surface area contributed by atoms with Crippen molar-refractivity contribution in [3.8, 4) is 0 Å². The second-order valence-electron chi connectivity index (χ2n) is 4.22. The summed E-state index contributed by atoms with van der Waals surface area (Å²) in [5.41, 5.74) is 1.29. The summed E-state index contributed by atoms with van der Waals surface area (Å²) in [5, 5.41) is 5.17. The van der Waals surface area contributed by atoms with Gasteiger partial charge in [0.2, 0.25) is 17.7 Å². The van der Waals surface area contributed by atoms with Gasteiger partial charge in [0.15, 0.2) is 0 Å². The molecule has 2 N–H and O–H groups in total. The van der Waals surface area contributed by atoms with Crippen LogP contribution in [0.3, 0.4) is 0 Å². The van der Waals surface area contributed by atoms with Crippen molar-refractivity contribution in [3.05, 3.63) is 24.3 Å². The molecule has 6 heteroatoms. The number of amides is 3. The monoisotopic (exact) mass is 261 g/mol. The highest BCUT2D eigenvalue weighted by atomic mass is 16.2. The second-order valence-corrected chi connectivity index (χ2v) is 4.22. The maximum Gasteiger partial charge on any atom is 0.244 e. The predicted molar refractivity (Wildman–Crippen MR) is 70.7 cm³/mol. The molecule has 0 saturated carbocycles. The zero-order valence-corrected chi connectivity index (χ0v) is 10.6. The van der Waals surface area contributed by atoms with Crippen molar-refractivity contribution in [1.82, 2.24) is 5.32 Å². The summed E-state index contributed by atoms with van der Waals surface area (Å²) in [5.74, 6) is -0.652. The van der Waals surface area contributed by atoms with Crippen LogP contribution in [0.15, 0.2) is 24.3 Å².